The van der Waals surface area contributed by atoms with Crippen LogP contribution in [0.15, 0.2) is 54.2 Å². The van der Waals surface area contributed by atoms with Crippen LogP contribution in [0, 0.1) is 5.92 Å². The molecule has 3 aromatic rings. The summed E-state index contributed by atoms with van der Waals surface area (Å²) in [6, 6.07) is 3.16. The molecule has 368 valence electrons. The number of benzene rings is 1. The topological polar surface area (TPSA) is 322 Å². The molecule has 1 aromatic carbocycles. The maximum atomic E-state index is 14.1. The van der Waals surface area contributed by atoms with E-state index in [1.165, 1.54) is 34.9 Å². The average molecular weight is 976 g/mol. The second-order valence-corrected chi connectivity index (χ2v) is 18.7. The first-order valence-electron chi connectivity index (χ1n) is 21.7. The number of nitrogens with one attached hydrogen (secondary N) is 4. The van der Waals surface area contributed by atoms with Crippen molar-refractivity contribution in [3.63, 3.8) is 0 Å². The highest BCUT2D eigenvalue weighted by molar-refractivity contribution is 7.46. The molecule has 1 aliphatic heterocycles. The van der Waals surface area contributed by atoms with Crippen LogP contribution >= 0.6 is 19.2 Å². The highest BCUT2D eigenvalue weighted by atomic mass is 32.1. The number of hydrogen-bond acceptors (Lipinski definition) is 15. The lowest BCUT2D eigenvalue weighted by atomic mass is 10.0. The lowest BCUT2D eigenvalue weighted by Crippen LogP contribution is -2.61. The molecule has 4 rings (SSSR count). The number of oxime groups is 1. The van der Waals surface area contributed by atoms with Crippen molar-refractivity contribution >= 4 is 65.8 Å². The van der Waals surface area contributed by atoms with Crippen molar-refractivity contribution in [1.29, 1.82) is 0 Å². The van der Waals surface area contributed by atoms with Crippen molar-refractivity contribution in [2.45, 2.75) is 116 Å². The normalized spacial score (nSPS) is 16.2. The molecule has 0 aliphatic carbocycles. The van der Waals surface area contributed by atoms with E-state index in [2.05, 4.69) is 57.9 Å². The third-order valence-corrected chi connectivity index (χ3v) is 12.3. The number of aromatic nitrogens is 3. The number of carbonyl (C=O) groups excluding carboxylic acids is 6. The maximum Gasteiger partial charge on any atom is 0.469 e. The van der Waals surface area contributed by atoms with Gasteiger partial charge < -0.3 is 61.1 Å². The van der Waals surface area contributed by atoms with Crippen molar-refractivity contribution in [2.75, 3.05) is 31.7 Å². The second kappa shape index (κ2) is 25.9. The van der Waals surface area contributed by atoms with E-state index >= 15 is 0 Å². The second-order valence-electron chi connectivity index (χ2n) is 16.5. The van der Waals surface area contributed by atoms with E-state index in [0.29, 0.717) is 49.5 Å². The lowest BCUT2D eigenvalue weighted by Gasteiger charge is -2.28. The molecule has 1 fully saturated rings. The smallest absolute Gasteiger partial charge is 0.396 e. The molecule has 9 N–H and O–H groups in total. The predicted octanol–water partition coefficient (Wildman–Crippen LogP) is 0.321. The van der Waals surface area contributed by atoms with Crippen molar-refractivity contribution in [1.82, 2.24) is 40.7 Å². The summed E-state index contributed by atoms with van der Waals surface area (Å²) in [4.78, 5) is 115. The molecule has 1 aliphatic rings. The summed E-state index contributed by atoms with van der Waals surface area (Å²) in [7, 11) is -3.14. The summed E-state index contributed by atoms with van der Waals surface area (Å²) in [6.45, 7) is 6.91. The maximum absolute atomic E-state index is 14.1. The molecule has 6 atom stereocenters. The van der Waals surface area contributed by atoms with Crippen LogP contribution in [0.1, 0.15) is 76.1 Å². The Bertz CT molecular complexity index is 2200. The first-order chi connectivity index (χ1) is 31.8. The lowest BCUT2D eigenvalue weighted by molar-refractivity contribution is -0.139. The Morgan fingerprint density at radius 1 is 1.00 bits per heavy atom. The standard InChI is InChI=1S/C42H62N11O12PS/c1-26(2)18-31(48-42(60)34-14-11-16-53(34)28(4)55)39(57)47-32(40(58)49-33(24-54)41(59)50-37(38(43)56)27(3)65-66(61,62)63)19-30-20-44-25-52(30)15-9-10-17-64-46-21-35-45-22-36(67-35)51(5)23-29-12-7-6-8-13-29/h6-8,12-13,20-22,25-27,31-34,37,54H,9-11,14-19,23-24H2,1-5H3,(H2,43,56)(H,47,57)(H,48,60)(H,49,58)(H,50,59)(H2,61,62,63)/b46-21+/t27-,31+,32+,33+,34+,37+/m1/s1. The number of likely N-dealkylation sites (tertiary alicyclic amines) is 1. The molecule has 3 heterocycles. The molecule has 0 saturated carbocycles. The number of nitrogens with two attached hydrogens (primary N) is 1. The van der Waals surface area contributed by atoms with Crippen LogP contribution in [-0.2, 0) is 62.2 Å². The van der Waals surface area contributed by atoms with Gasteiger partial charge in [0.15, 0.2) is 0 Å². The van der Waals surface area contributed by atoms with E-state index in [1.54, 1.807) is 23.3 Å². The van der Waals surface area contributed by atoms with Gasteiger partial charge in [0.2, 0.25) is 35.4 Å². The number of primary amides is 1. The number of rotatable bonds is 27. The fourth-order valence-electron chi connectivity index (χ4n) is 7.25. The molecule has 2 aromatic heterocycles. The van der Waals surface area contributed by atoms with Gasteiger partial charge in [-0.3, -0.25) is 33.3 Å². The first-order valence-corrected chi connectivity index (χ1v) is 24.1. The van der Waals surface area contributed by atoms with Crippen LogP contribution in [0.2, 0.25) is 0 Å². The summed E-state index contributed by atoms with van der Waals surface area (Å²) in [5, 5.41) is 25.8. The average Bonchev–Trinajstić information content (AvgIpc) is 4.05. The number of nitrogens with zero attached hydrogens (tertiary/aromatic N) is 6. The fourth-order valence-corrected chi connectivity index (χ4v) is 8.54. The molecule has 0 unspecified atom stereocenters. The molecule has 0 bridgehead atoms. The molecule has 6 amide bonds. The number of phosphoric ester groups is 1. The third kappa shape index (κ3) is 17.4. The Labute approximate surface area is 392 Å². The molecule has 1 saturated heterocycles. The molecule has 25 heteroatoms. The van der Waals surface area contributed by atoms with Gasteiger partial charge in [-0.05, 0) is 50.5 Å². The van der Waals surface area contributed by atoms with Crippen LogP contribution in [0.3, 0.4) is 0 Å². The Morgan fingerprint density at radius 3 is 2.34 bits per heavy atom. The van der Waals surface area contributed by atoms with E-state index in [0.717, 1.165) is 18.5 Å². The van der Waals surface area contributed by atoms with E-state index in [-0.39, 0.29) is 31.3 Å². The number of hydrogen-bond donors (Lipinski definition) is 8. The number of thiazole rings is 1. The number of amides is 6. The van der Waals surface area contributed by atoms with Gasteiger partial charge in [0, 0.05) is 51.9 Å². The van der Waals surface area contributed by atoms with Gasteiger partial charge >= 0.3 is 7.82 Å². The zero-order valence-electron chi connectivity index (χ0n) is 38.1. The van der Waals surface area contributed by atoms with Gasteiger partial charge in [-0.15, -0.1) is 0 Å². The monoisotopic (exact) mass is 975 g/mol. The van der Waals surface area contributed by atoms with Gasteiger partial charge in [0.25, 0.3) is 0 Å². The van der Waals surface area contributed by atoms with E-state index in [4.69, 9.17) is 10.6 Å². The molecule has 23 nitrogen and oxygen atoms in total. The van der Waals surface area contributed by atoms with E-state index in [1.807, 2.05) is 39.1 Å². The predicted molar refractivity (Wildman–Crippen MR) is 246 cm³/mol. The largest absolute Gasteiger partial charge is 0.469 e. The van der Waals surface area contributed by atoms with Crippen LogP contribution in [-0.4, -0.2) is 139 Å². The molecular formula is C42H62N11O12PS. The molecule has 0 radical (unpaired) electrons. The summed E-state index contributed by atoms with van der Waals surface area (Å²) in [5.41, 5.74) is 7.02. The highest BCUT2D eigenvalue weighted by Crippen LogP contribution is 2.38. The summed E-state index contributed by atoms with van der Waals surface area (Å²) >= 11 is 1.47. The van der Waals surface area contributed by atoms with Gasteiger partial charge in [-0.1, -0.05) is 60.7 Å². The van der Waals surface area contributed by atoms with Crippen molar-refractivity contribution in [3.05, 3.63) is 65.3 Å². The zero-order chi connectivity index (χ0) is 49.3. The van der Waals surface area contributed by atoms with Crippen molar-refractivity contribution < 1.29 is 57.6 Å². The summed E-state index contributed by atoms with van der Waals surface area (Å²) in [6.07, 6.45) is 6.88. The van der Waals surface area contributed by atoms with Crippen molar-refractivity contribution in [2.24, 2.45) is 16.8 Å². The van der Waals surface area contributed by atoms with Crippen LogP contribution in [0.4, 0.5) is 5.00 Å². The van der Waals surface area contributed by atoms with Crippen molar-refractivity contribution in [3.8, 4) is 0 Å². The van der Waals surface area contributed by atoms with Gasteiger partial charge in [-0.2, -0.15) is 0 Å². The zero-order valence-corrected chi connectivity index (χ0v) is 39.9. The third-order valence-electron chi connectivity index (χ3n) is 10.6. The summed E-state index contributed by atoms with van der Waals surface area (Å²) in [5.74, 6) is -5.02. The molecule has 0 spiro atoms. The number of aryl methyl sites for hydroxylation is 1. The minimum Gasteiger partial charge on any atom is -0.396 e. The molecular weight excluding hydrogens is 914 g/mol. The number of aliphatic hydroxyl groups excluding tert-OH is 1. The van der Waals surface area contributed by atoms with E-state index in [9.17, 15) is 48.2 Å². The number of imidazole rings is 1. The van der Waals surface area contributed by atoms with Gasteiger partial charge in [0.05, 0.1) is 25.2 Å². The minimum atomic E-state index is -5.13. The van der Waals surface area contributed by atoms with E-state index < -0.39 is 80.3 Å². The Hall–Kier alpha value is -5.78. The fraction of sp³-hybridized carbons (Fsp3) is 0.548. The number of carbonyl (C=O) groups is 6. The molecule has 67 heavy (non-hydrogen) atoms. The summed E-state index contributed by atoms with van der Waals surface area (Å²) < 4.78 is 17.7. The first kappa shape index (κ1) is 53.8. The number of unbranched alkanes of at least 4 members (excludes halogenated alkanes) is 1. The highest BCUT2D eigenvalue weighted by Gasteiger charge is 2.37. The Morgan fingerprint density at radius 2 is 1.69 bits per heavy atom. The number of anilines is 1. The number of aliphatic hydroxyl groups is 1. The Kier molecular flexibility index (Phi) is 20.8. The van der Waals surface area contributed by atoms with Gasteiger partial charge in [0.1, 0.15) is 53.0 Å². The van der Waals surface area contributed by atoms with Crippen LogP contribution in [0.25, 0.3) is 0 Å². The quantitative estimate of drug-likeness (QED) is 0.0221. The SMILES string of the molecule is CC(=O)N1CCC[C@H]1C(=O)N[C@@H](CC(C)C)C(=O)N[C@@H](Cc1cncn1CCCCO/N=C/c1ncc(N(C)Cc2ccccc2)s1)C(=O)N[C@@H](CO)C(=O)N[C@H](C(N)=O)[C@@H](C)OP(=O)(O)O. The number of phosphoric acid groups is 1. The van der Waals surface area contributed by atoms with Crippen LogP contribution < -0.4 is 31.9 Å². The minimum absolute atomic E-state index is 0.109. The van der Waals surface area contributed by atoms with Gasteiger partial charge in [-0.25, -0.2) is 14.5 Å². The van der Waals surface area contributed by atoms with Crippen LogP contribution in [0.5, 0.6) is 0 Å². The Balaban J connectivity index is 1.44.